The maximum Gasteiger partial charge on any atom is 0.274 e. The number of benzene rings is 3. The van der Waals surface area contributed by atoms with Crippen LogP contribution >= 0.6 is 46.4 Å². The number of hydrogen-bond acceptors (Lipinski definition) is 6. The molecule has 1 fully saturated rings. The first-order valence-corrected chi connectivity index (χ1v) is 14.6. The number of halogens is 4. The van der Waals surface area contributed by atoms with Crippen molar-refractivity contribution in [2.75, 3.05) is 38.2 Å². The number of amides is 1. The van der Waals surface area contributed by atoms with E-state index >= 15 is 0 Å². The topological polar surface area (TPSA) is 88.9 Å². The summed E-state index contributed by atoms with van der Waals surface area (Å²) in [6.07, 6.45) is 1.90. The van der Waals surface area contributed by atoms with Gasteiger partial charge in [-0.1, -0.05) is 76.7 Å². The van der Waals surface area contributed by atoms with Crippen molar-refractivity contribution in [3.05, 3.63) is 65.3 Å². The second-order valence-corrected chi connectivity index (χ2v) is 13.4. The Morgan fingerprint density at radius 1 is 0.974 bits per heavy atom. The molecule has 1 saturated heterocycles. The molecular formula is C26H21Cl4N3O5S. The molecule has 2 heterocycles. The normalized spacial score (nSPS) is 14.7. The molecule has 0 radical (unpaired) electrons. The van der Waals surface area contributed by atoms with Crippen LogP contribution in [-0.2, 0) is 14.8 Å². The van der Waals surface area contributed by atoms with Gasteiger partial charge in [-0.05, 0) is 18.2 Å². The number of carbonyl (C=O) groups excluding carboxylic acids is 2. The molecule has 1 aromatic heterocycles. The highest BCUT2D eigenvalue weighted by atomic mass is 35.6. The SMILES string of the molecule is COc1c(N2CCN(C(=O)C(Cl)(Cl)Cl)CC2)cc(S(=O)(=O)n2cc(C=O)c3ccc(Cl)cc32)c2ccccc12. The van der Waals surface area contributed by atoms with Crippen LogP contribution in [0.2, 0.25) is 5.02 Å². The lowest BCUT2D eigenvalue weighted by atomic mass is 10.1. The minimum absolute atomic E-state index is 0.0167. The van der Waals surface area contributed by atoms with Crippen LogP contribution in [0.5, 0.6) is 5.75 Å². The molecule has 3 aromatic carbocycles. The minimum Gasteiger partial charge on any atom is -0.494 e. The van der Waals surface area contributed by atoms with Crippen LogP contribution in [0.4, 0.5) is 5.69 Å². The number of hydrogen-bond donors (Lipinski definition) is 0. The molecule has 1 aliphatic heterocycles. The number of alkyl halides is 3. The van der Waals surface area contributed by atoms with Gasteiger partial charge in [-0.2, -0.15) is 0 Å². The second kappa shape index (κ2) is 10.4. The number of ether oxygens (including phenoxy) is 1. The number of methoxy groups -OCH3 is 1. The van der Waals surface area contributed by atoms with Crippen molar-refractivity contribution in [3.8, 4) is 5.75 Å². The van der Waals surface area contributed by atoms with E-state index in [4.69, 9.17) is 51.1 Å². The first-order chi connectivity index (χ1) is 18.5. The van der Waals surface area contributed by atoms with E-state index in [9.17, 15) is 18.0 Å². The Morgan fingerprint density at radius 3 is 2.26 bits per heavy atom. The van der Waals surface area contributed by atoms with Gasteiger partial charge in [-0.25, -0.2) is 12.4 Å². The smallest absolute Gasteiger partial charge is 0.274 e. The highest BCUT2D eigenvalue weighted by Gasteiger charge is 2.37. The van der Waals surface area contributed by atoms with Crippen LogP contribution in [0.25, 0.3) is 21.7 Å². The minimum atomic E-state index is -4.23. The van der Waals surface area contributed by atoms with Gasteiger partial charge in [0.2, 0.25) is 0 Å². The summed E-state index contributed by atoms with van der Waals surface area (Å²) >= 11 is 23.5. The zero-order valence-electron chi connectivity index (χ0n) is 20.4. The van der Waals surface area contributed by atoms with Crippen molar-refractivity contribution >= 4 is 96.0 Å². The number of rotatable bonds is 5. The average Bonchev–Trinajstić information content (AvgIpc) is 3.29. The third kappa shape index (κ3) is 4.91. The average molecular weight is 629 g/mol. The van der Waals surface area contributed by atoms with Crippen molar-refractivity contribution < 1.29 is 22.7 Å². The van der Waals surface area contributed by atoms with E-state index in [-0.39, 0.29) is 29.1 Å². The molecule has 0 spiro atoms. The molecule has 5 rings (SSSR count). The van der Waals surface area contributed by atoms with Crippen molar-refractivity contribution in [2.45, 2.75) is 8.69 Å². The summed E-state index contributed by atoms with van der Waals surface area (Å²) in [5, 5.41) is 1.82. The van der Waals surface area contributed by atoms with E-state index in [2.05, 4.69) is 0 Å². The maximum atomic E-state index is 14.2. The van der Waals surface area contributed by atoms with Crippen LogP contribution in [0, 0.1) is 0 Å². The number of carbonyl (C=O) groups is 2. The van der Waals surface area contributed by atoms with Crippen molar-refractivity contribution in [1.82, 2.24) is 8.87 Å². The fourth-order valence-corrected chi connectivity index (χ4v) is 7.00. The lowest BCUT2D eigenvalue weighted by Gasteiger charge is -2.38. The van der Waals surface area contributed by atoms with Gasteiger partial charge < -0.3 is 14.5 Å². The molecule has 0 N–H and O–H groups in total. The van der Waals surface area contributed by atoms with E-state index in [1.54, 1.807) is 42.5 Å². The standard InChI is InChI=1S/C26H21Cl4N3O5S/c1-38-24-20-5-3-2-4-19(20)23(13-22(24)31-8-10-32(11-9-31)25(35)26(28,29)30)39(36,37)33-14-16(15-34)18-7-6-17(27)12-21(18)33/h2-7,12-15H,8-11H2,1H3. The maximum absolute atomic E-state index is 14.2. The van der Waals surface area contributed by atoms with E-state index in [0.29, 0.717) is 52.0 Å². The van der Waals surface area contributed by atoms with E-state index in [1.807, 2.05) is 4.90 Å². The molecule has 0 unspecified atom stereocenters. The monoisotopic (exact) mass is 627 g/mol. The molecule has 0 atom stereocenters. The zero-order valence-corrected chi connectivity index (χ0v) is 24.2. The Balaban J connectivity index is 1.66. The summed E-state index contributed by atoms with van der Waals surface area (Å²) in [6.45, 7) is 1.21. The molecule has 8 nitrogen and oxygen atoms in total. The molecule has 0 bridgehead atoms. The third-order valence-corrected chi connectivity index (χ3v) is 9.15. The largest absolute Gasteiger partial charge is 0.494 e. The first-order valence-electron chi connectivity index (χ1n) is 11.7. The number of aromatic nitrogens is 1. The van der Waals surface area contributed by atoms with Crippen molar-refractivity contribution in [3.63, 3.8) is 0 Å². The summed E-state index contributed by atoms with van der Waals surface area (Å²) in [7, 11) is -2.71. The Hall–Kier alpha value is -2.69. The number of anilines is 1. The number of aldehydes is 1. The van der Waals surface area contributed by atoms with Crippen LogP contribution in [0.3, 0.4) is 0 Å². The molecule has 0 saturated carbocycles. The van der Waals surface area contributed by atoms with E-state index in [1.165, 1.54) is 24.3 Å². The van der Waals surface area contributed by atoms with Crippen LogP contribution < -0.4 is 9.64 Å². The fourth-order valence-electron chi connectivity index (χ4n) is 4.89. The highest BCUT2D eigenvalue weighted by molar-refractivity contribution is 7.90. The highest BCUT2D eigenvalue weighted by Crippen LogP contribution is 2.42. The Kier molecular flexibility index (Phi) is 7.41. The van der Waals surface area contributed by atoms with Gasteiger partial charge in [0, 0.05) is 59.1 Å². The molecule has 13 heteroatoms. The van der Waals surface area contributed by atoms with Crippen LogP contribution in [-0.4, -0.2) is 66.6 Å². The van der Waals surface area contributed by atoms with Crippen molar-refractivity contribution in [1.29, 1.82) is 0 Å². The Bertz CT molecular complexity index is 1730. The van der Waals surface area contributed by atoms with Gasteiger partial charge in [-0.15, -0.1) is 0 Å². The third-order valence-electron chi connectivity index (χ3n) is 6.72. The summed E-state index contributed by atoms with van der Waals surface area (Å²) < 4.78 is 33.3. The summed E-state index contributed by atoms with van der Waals surface area (Å²) in [5.41, 5.74) is 1.03. The number of nitrogens with zero attached hydrogens (tertiary/aromatic N) is 3. The molecular weight excluding hydrogens is 608 g/mol. The number of piperazine rings is 1. The molecule has 0 aliphatic carbocycles. The van der Waals surface area contributed by atoms with Gasteiger partial charge in [0.05, 0.1) is 23.2 Å². The summed E-state index contributed by atoms with van der Waals surface area (Å²) in [6, 6.07) is 13.3. The van der Waals surface area contributed by atoms with Crippen LogP contribution in [0.1, 0.15) is 10.4 Å². The predicted octanol–water partition coefficient (Wildman–Crippen LogP) is 5.52. The lowest BCUT2D eigenvalue weighted by molar-refractivity contribution is -0.130. The molecule has 39 heavy (non-hydrogen) atoms. The second-order valence-electron chi connectivity index (χ2n) is 8.91. The van der Waals surface area contributed by atoms with Gasteiger partial charge in [-0.3, -0.25) is 9.59 Å². The quantitative estimate of drug-likeness (QED) is 0.213. The molecule has 4 aromatic rings. The van der Waals surface area contributed by atoms with Crippen molar-refractivity contribution in [2.24, 2.45) is 0 Å². The predicted molar refractivity (Wildman–Crippen MR) is 155 cm³/mol. The van der Waals surface area contributed by atoms with E-state index in [0.717, 1.165) is 3.97 Å². The first kappa shape index (κ1) is 27.9. The number of fused-ring (bicyclic) bond motifs is 2. The Morgan fingerprint density at radius 2 is 1.64 bits per heavy atom. The molecule has 204 valence electrons. The lowest BCUT2D eigenvalue weighted by Crippen LogP contribution is -2.51. The van der Waals surface area contributed by atoms with Gasteiger partial charge in [0.1, 0.15) is 5.75 Å². The fraction of sp³-hybridized carbons (Fsp3) is 0.231. The van der Waals surface area contributed by atoms with Gasteiger partial charge in [0.15, 0.2) is 6.29 Å². The Labute approximate surface area is 244 Å². The zero-order chi connectivity index (χ0) is 28.1. The summed E-state index contributed by atoms with van der Waals surface area (Å²) in [4.78, 5) is 27.6. The summed E-state index contributed by atoms with van der Waals surface area (Å²) in [5.74, 6) is -0.135. The molecule has 1 aliphatic rings. The van der Waals surface area contributed by atoms with Crippen LogP contribution in [0.15, 0.2) is 59.6 Å². The molecule has 1 amide bonds. The van der Waals surface area contributed by atoms with Gasteiger partial charge >= 0.3 is 0 Å². The van der Waals surface area contributed by atoms with Gasteiger partial charge in [0.25, 0.3) is 19.7 Å². The van der Waals surface area contributed by atoms with E-state index < -0.39 is 19.7 Å².